The molecule has 0 saturated heterocycles. The van der Waals surface area contributed by atoms with Gasteiger partial charge in [-0.3, -0.25) is 4.79 Å². The van der Waals surface area contributed by atoms with E-state index in [9.17, 15) is 4.79 Å². The van der Waals surface area contributed by atoms with E-state index < -0.39 is 0 Å². The van der Waals surface area contributed by atoms with Gasteiger partial charge in [-0.2, -0.15) is 0 Å². The van der Waals surface area contributed by atoms with E-state index in [0.717, 1.165) is 23.6 Å². The fourth-order valence-electron chi connectivity index (χ4n) is 2.80. The van der Waals surface area contributed by atoms with Gasteiger partial charge in [-0.1, -0.05) is 48.2 Å². The molecule has 1 amide bonds. The van der Waals surface area contributed by atoms with Crippen molar-refractivity contribution < 1.29 is 4.79 Å². The topological polar surface area (TPSA) is 72.7 Å². The number of carbonyl (C=O) groups excluding carboxylic acids is 1. The molecule has 1 aromatic heterocycles. The molecule has 3 aromatic rings. The highest BCUT2D eigenvalue weighted by atomic mass is 32.2. The summed E-state index contributed by atoms with van der Waals surface area (Å²) in [6.45, 7) is 2.00. The maximum absolute atomic E-state index is 12.3. The second-order valence-corrected chi connectivity index (χ2v) is 7.26. The number of rotatable bonds is 6. The largest absolute Gasteiger partial charge is 0.349 e. The summed E-state index contributed by atoms with van der Waals surface area (Å²) >= 11 is 1.38. The number of thioether (sulfide) groups is 1. The Kier molecular flexibility index (Phi) is 4.40. The van der Waals surface area contributed by atoms with Gasteiger partial charge < -0.3 is 5.32 Å². The number of hydrogen-bond acceptors (Lipinski definition) is 5. The molecule has 1 saturated carbocycles. The van der Waals surface area contributed by atoms with Gasteiger partial charge in [0.2, 0.25) is 11.1 Å². The van der Waals surface area contributed by atoms with Gasteiger partial charge in [-0.15, -0.1) is 5.10 Å². The Balaban J connectivity index is 1.36. The van der Waals surface area contributed by atoms with Crippen LogP contribution in [0.2, 0.25) is 0 Å². The van der Waals surface area contributed by atoms with Crippen molar-refractivity contribution in [1.29, 1.82) is 0 Å². The van der Waals surface area contributed by atoms with Crippen molar-refractivity contribution in [3.8, 4) is 0 Å². The molecule has 2 aromatic carbocycles. The number of nitrogens with zero attached hydrogens (tertiary/aromatic N) is 4. The summed E-state index contributed by atoms with van der Waals surface area (Å²) in [4.78, 5) is 12.3. The van der Waals surface area contributed by atoms with Crippen LogP contribution >= 0.6 is 11.8 Å². The lowest BCUT2D eigenvalue weighted by atomic mass is 10.0. The van der Waals surface area contributed by atoms with Gasteiger partial charge in [0.25, 0.3) is 0 Å². The number of hydrogen-bond donors (Lipinski definition) is 1. The van der Waals surface area contributed by atoms with E-state index in [-0.39, 0.29) is 11.9 Å². The van der Waals surface area contributed by atoms with Crippen LogP contribution in [-0.2, 0) is 4.79 Å². The molecule has 1 aliphatic carbocycles. The third-order valence-corrected chi connectivity index (χ3v) is 5.27. The number of carbonyl (C=O) groups is 1. The van der Waals surface area contributed by atoms with Gasteiger partial charge in [0.1, 0.15) is 0 Å². The molecule has 0 aliphatic heterocycles. The highest BCUT2D eigenvalue weighted by molar-refractivity contribution is 7.99. The minimum atomic E-state index is -0.0443. The van der Waals surface area contributed by atoms with Crippen LogP contribution in [0.25, 0.3) is 10.8 Å². The molecule has 7 heteroatoms. The summed E-state index contributed by atoms with van der Waals surface area (Å²) in [5.74, 6) is 0.293. The van der Waals surface area contributed by atoms with E-state index in [1.807, 2.05) is 23.7 Å². The maximum Gasteiger partial charge on any atom is 0.230 e. The highest BCUT2D eigenvalue weighted by Crippen LogP contribution is 2.36. The van der Waals surface area contributed by atoms with E-state index in [1.54, 1.807) is 0 Å². The van der Waals surface area contributed by atoms with E-state index in [1.165, 1.54) is 22.5 Å². The highest BCUT2D eigenvalue weighted by Gasteiger charge is 2.28. The standard InChI is InChI=1S/C18H19N5OS/c1-12(14-7-6-13-4-2-3-5-15(13)10-14)19-17(24)11-25-18-20-21-22-23(18)16-8-9-16/h2-7,10,12,16H,8-9,11H2,1H3,(H,19,24)/t12-/m1/s1. The average Bonchev–Trinajstić information content (AvgIpc) is 3.37. The molecule has 6 nitrogen and oxygen atoms in total. The summed E-state index contributed by atoms with van der Waals surface area (Å²) in [5, 5.41) is 17.9. The first kappa shape index (κ1) is 16.1. The smallest absolute Gasteiger partial charge is 0.230 e. The van der Waals surface area contributed by atoms with Crippen molar-refractivity contribution in [2.24, 2.45) is 0 Å². The normalized spacial score (nSPS) is 15.2. The molecule has 0 spiro atoms. The Morgan fingerprint density at radius 1 is 1.28 bits per heavy atom. The minimum absolute atomic E-state index is 0.0176. The van der Waals surface area contributed by atoms with Gasteiger partial charge in [0, 0.05) is 0 Å². The Labute approximate surface area is 150 Å². The van der Waals surface area contributed by atoms with E-state index in [2.05, 4.69) is 51.2 Å². The van der Waals surface area contributed by atoms with Crippen LogP contribution in [0, 0.1) is 0 Å². The first-order chi connectivity index (χ1) is 12.2. The average molecular weight is 353 g/mol. The number of benzene rings is 2. The van der Waals surface area contributed by atoms with E-state index >= 15 is 0 Å². The molecule has 128 valence electrons. The van der Waals surface area contributed by atoms with Crippen LogP contribution in [0.4, 0.5) is 0 Å². The molecule has 1 fully saturated rings. The lowest BCUT2D eigenvalue weighted by Gasteiger charge is -2.15. The van der Waals surface area contributed by atoms with Gasteiger partial charge in [-0.25, -0.2) is 4.68 Å². The zero-order chi connectivity index (χ0) is 17.2. The first-order valence-electron chi connectivity index (χ1n) is 8.39. The molecule has 4 rings (SSSR count). The Morgan fingerprint density at radius 2 is 2.08 bits per heavy atom. The van der Waals surface area contributed by atoms with Crippen molar-refractivity contribution in [3.05, 3.63) is 48.0 Å². The molecule has 1 N–H and O–H groups in total. The van der Waals surface area contributed by atoms with Crippen molar-refractivity contribution >= 4 is 28.4 Å². The third kappa shape index (κ3) is 3.66. The molecular weight excluding hydrogens is 334 g/mol. The number of aromatic nitrogens is 4. The van der Waals surface area contributed by atoms with Crippen LogP contribution in [0.5, 0.6) is 0 Å². The van der Waals surface area contributed by atoms with Gasteiger partial charge in [0.15, 0.2) is 0 Å². The summed E-state index contributed by atoms with van der Waals surface area (Å²) in [7, 11) is 0. The van der Waals surface area contributed by atoms with Crippen LogP contribution in [0.3, 0.4) is 0 Å². The Hall–Kier alpha value is -2.41. The lowest BCUT2D eigenvalue weighted by molar-refractivity contribution is -0.119. The molecule has 0 bridgehead atoms. The zero-order valence-electron chi connectivity index (χ0n) is 13.9. The Bertz CT molecular complexity index is 905. The fourth-order valence-corrected chi connectivity index (χ4v) is 3.56. The van der Waals surface area contributed by atoms with Gasteiger partial charge >= 0.3 is 0 Å². The van der Waals surface area contributed by atoms with E-state index in [0.29, 0.717) is 11.8 Å². The summed E-state index contributed by atoms with van der Waals surface area (Å²) in [6.07, 6.45) is 2.23. The van der Waals surface area contributed by atoms with Crippen molar-refractivity contribution in [1.82, 2.24) is 25.5 Å². The van der Waals surface area contributed by atoms with Crippen LogP contribution in [-0.4, -0.2) is 31.9 Å². The molecule has 0 unspecified atom stereocenters. The summed E-state index contributed by atoms with van der Waals surface area (Å²) in [5.41, 5.74) is 1.10. The SMILES string of the molecule is C[C@@H](NC(=O)CSc1nnnn1C1CC1)c1ccc2ccccc2c1. The molecule has 0 radical (unpaired) electrons. The quantitative estimate of drug-likeness (QED) is 0.689. The minimum Gasteiger partial charge on any atom is -0.349 e. The molecule has 1 atom stereocenters. The monoisotopic (exact) mass is 353 g/mol. The van der Waals surface area contributed by atoms with E-state index in [4.69, 9.17) is 0 Å². The Morgan fingerprint density at radius 3 is 2.88 bits per heavy atom. The molecule has 1 heterocycles. The third-order valence-electron chi connectivity index (χ3n) is 4.34. The second-order valence-electron chi connectivity index (χ2n) is 6.32. The number of amides is 1. The second kappa shape index (κ2) is 6.84. The van der Waals surface area contributed by atoms with Crippen LogP contribution in [0.15, 0.2) is 47.6 Å². The number of nitrogens with one attached hydrogen (secondary N) is 1. The molecular formula is C18H19N5OS. The number of fused-ring (bicyclic) bond motifs is 1. The maximum atomic E-state index is 12.3. The lowest BCUT2D eigenvalue weighted by Crippen LogP contribution is -2.28. The summed E-state index contributed by atoms with van der Waals surface area (Å²) in [6, 6.07) is 14.9. The summed E-state index contributed by atoms with van der Waals surface area (Å²) < 4.78 is 1.82. The predicted octanol–water partition coefficient (Wildman–Crippen LogP) is 3.13. The predicted molar refractivity (Wildman–Crippen MR) is 97.3 cm³/mol. The first-order valence-corrected chi connectivity index (χ1v) is 9.38. The van der Waals surface area contributed by atoms with Gasteiger partial charge in [-0.05, 0) is 52.6 Å². The zero-order valence-corrected chi connectivity index (χ0v) is 14.7. The molecule has 25 heavy (non-hydrogen) atoms. The van der Waals surface area contributed by atoms with Gasteiger partial charge in [0.05, 0.1) is 17.8 Å². The molecule has 1 aliphatic rings. The number of tetrazole rings is 1. The van der Waals surface area contributed by atoms with Crippen molar-refractivity contribution in [2.45, 2.75) is 37.0 Å². The van der Waals surface area contributed by atoms with Crippen molar-refractivity contribution in [2.75, 3.05) is 5.75 Å². The van der Waals surface area contributed by atoms with Crippen LogP contribution < -0.4 is 5.32 Å². The fraction of sp³-hybridized carbons (Fsp3) is 0.333. The van der Waals surface area contributed by atoms with Crippen molar-refractivity contribution in [3.63, 3.8) is 0 Å². The van der Waals surface area contributed by atoms with Crippen LogP contribution in [0.1, 0.15) is 37.4 Å².